The lowest BCUT2D eigenvalue weighted by Gasteiger charge is -2.27. The van der Waals surface area contributed by atoms with Gasteiger partial charge in [-0.3, -0.25) is 9.78 Å². The Morgan fingerprint density at radius 1 is 1.13 bits per heavy atom. The van der Waals surface area contributed by atoms with Crippen LogP contribution in [0.4, 0.5) is 0 Å². The Balaban J connectivity index is 1.50. The van der Waals surface area contributed by atoms with Gasteiger partial charge in [-0.15, -0.1) is 0 Å². The Hall–Kier alpha value is -3.47. The van der Waals surface area contributed by atoms with Crippen molar-refractivity contribution in [2.45, 2.75) is 25.8 Å². The SMILES string of the molecule is N=Cc1ccc(OCC(=O)N(Cc2ccccn2)CC2C=CCCC2)c2ccccc12. The van der Waals surface area contributed by atoms with Crippen LogP contribution >= 0.6 is 0 Å². The van der Waals surface area contributed by atoms with Crippen LogP contribution in [0.5, 0.6) is 5.75 Å². The Morgan fingerprint density at radius 2 is 1.97 bits per heavy atom. The van der Waals surface area contributed by atoms with Crippen LogP contribution < -0.4 is 4.74 Å². The number of hydrogen-bond acceptors (Lipinski definition) is 4. The van der Waals surface area contributed by atoms with Crippen molar-refractivity contribution in [1.29, 1.82) is 5.41 Å². The Kier molecular flexibility index (Phi) is 6.72. The normalized spacial score (nSPS) is 15.5. The van der Waals surface area contributed by atoms with Crippen molar-refractivity contribution >= 4 is 22.9 Å². The number of hydrogen-bond donors (Lipinski definition) is 1. The predicted octanol–water partition coefficient (Wildman–Crippen LogP) is 5.00. The maximum absolute atomic E-state index is 13.2. The number of amides is 1. The summed E-state index contributed by atoms with van der Waals surface area (Å²) in [6, 6.07) is 17.3. The predicted molar refractivity (Wildman–Crippen MR) is 123 cm³/mol. The van der Waals surface area contributed by atoms with Gasteiger partial charge in [0, 0.05) is 29.9 Å². The highest BCUT2D eigenvalue weighted by Gasteiger charge is 2.20. The Morgan fingerprint density at radius 3 is 2.71 bits per heavy atom. The van der Waals surface area contributed by atoms with E-state index in [0.717, 1.165) is 41.3 Å². The summed E-state index contributed by atoms with van der Waals surface area (Å²) in [5.74, 6) is 0.976. The number of allylic oxidation sites excluding steroid dienone is 1. The largest absolute Gasteiger partial charge is 0.483 e. The zero-order chi connectivity index (χ0) is 21.5. The van der Waals surface area contributed by atoms with E-state index in [2.05, 4.69) is 17.1 Å². The molecule has 1 unspecified atom stereocenters. The van der Waals surface area contributed by atoms with Gasteiger partial charge in [-0.2, -0.15) is 0 Å². The first-order valence-electron chi connectivity index (χ1n) is 10.7. The molecule has 1 aliphatic rings. The van der Waals surface area contributed by atoms with E-state index in [0.29, 0.717) is 24.8 Å². The second-order valence-corrected chi connectivity index (χ2v) is 7.85. The summed E-state index contributed by atoms with van der Waals surface area (Å²) < 4.78 is 5.98. The van der Waals surface area contributed by atoms with Crippen molar-refractivity contribution < 1.29 is 9.53 Å². The van der Waals surface area contributed by atoms with Crippen LogP contribution in [0.25, 0.3) is 10.8 Å². The van der Waals surface area contributed by atoms with Crippen LogP contribution in [0.1, 0.15) is 30.5 Å². The van der Waals surface area contributed by atoms with E-state index in [1.54, 1.807) is 6.20 Å². The zero-order valence-corrected chi connectivity index (χ0v) is 17.5. The number of ether oxygens (including phenoxy) is 1. The molecule has 1 atom stereocenters. The molecule has 1 N–H and O–H groups in total. The minimum atomic E-state index is -0.0511. The molecule has 0 saturated heterocycles. The fourth-order valence-electron chi connectivity index (χ4n) is 4.04. The number of nitrogens with zero attached hydrogens (tertiary/aromatic N) is 2. The van der Waals surface area contributed by atoms with E-state index >= 15 is 0 Å². The minimum absolute atomic E-state index is 0.0306. The van der Waals surface area contributed by atoms with Gasteiger partial charge < -0.3 is 15.0 Å². The molecular weight excluding hydrogens is 386 g/mol. The topological polar surface area (TPSA) is 66.3 Å². The maximum atomic E-state index is 13.2. The van der Waals surface area contributed by atoms with Gasteiger partial charge in [0.1, 0.15) is 5.75 Å². The van der Waals surface area contributed by atoms with Crippen LogP contribution in [0, 0.1) is 11.3 Å². The van der Waals surface area contributed by atoms with E-state index in [1.165, 1.54) is 6.21 Å². The highest BCUT2D eigenvalue weighted by atomic mass is 16.5. The van der Waals surface area contributed by atoms with Crippen molar-refractivity contribution in [3.63, 3.8) is 0 Å². The minimum Gasteiger partial charge on any atom is -0.483 e. The number of benzene rings is 2. The number of carbonyl (C=O) groups excluding carboxylic acids is 1. The van der Waals surface area contributed by atoms with E-state index < -0.39 is 0 Å². The summed E-state index contributed by atoms with van der Waals surface area (Å²) in [4.78, 5) is 19.4. The van der Waals surface area contributed by atoms with Crippen molar-refractivity contribution in [3.05, 3.63) is 84.2 Å². The molecule has 0 radical (unpaired) electrons. The van der Waals surface area contributed by atoms with Crippen molar-refractivity contribution in [2.75, 3.05) is 13.2 Å². The van der Waals surface area contributed by atoms with Gasteiger partial charge in [-0.25, -0.2) is 0 Å². The van der Waals surface area contributed by atoms with Crippen LogP contribution in [0.2, 0.25) is 0 Å². The van der Waals surface area contributed by atoms with Crippen molar-refractivity contribution in [2.24, 2.45) is 5.92 Å². The van der Waals surface area contributed by atoms with Crippen molar-refractivity contribution in [1.82, 2.24) is 9.88 Å². The van der Waals surface area contributed by atoms with Gasteiger partial charge in [0.05, 0.1) is 12.2 Å². The molecule has 0 saturated carbocycles. The number of nitrogens with one attached hydrogen (secondary N) is 1. The molecule has 0 fully saturated rings. The van der Waals surface area contributed by atoms with Gasteiger partial charge >= 0.3 is 0 Å². The molecule has 1 amide bonds. The first-order chi connectivity index (χ1) is 15.2. The third-order valence-corrected chi connectivity index (χ3v) is 5.67. The third kappa shape index (κ3) is 5.18. The van der Waals surface area contributed by atoms with Gasteiger partial charge in [0.25, 0.3) is 5.91 Å². The fraction of sp³-hybridized carbons (Fsp3) is 0.269. The zero-order valence-electron chi connectivity index (χ0n) is 17.5. The van der Waals surface area contributed by atoms with Crippen LogP contribution in [-0.4, -0.2) is 35.2 Å². The van der Waals surface area contributed by atoms with Crippen molar-refractivity contribution in [3.8, 4) is 5.75 Å². The summed E-state index contributed by atoms with van der Waals surface area (Å²) in [6.07, 6.45) is 10.9. The van der Waals surface area contributed by atoms with Crippen LogP contribution in [0.15, 0.2) is 72.9 Å². The number of aromatic nitrogens is 1. The third-order valence-electron chi connectivity index (χ3n) is 5.67. The molecule has 1 aliphatic carbocycles. The number of carbonyl (C=O) groups is 1. The summed E-state index contributed by atoms with van der Waals surface area (Å²) in [5, 5.41) is 9.46. The molecule has 2 aromatic carbocycles. The highest BCUT2D eigenvalue weighted by molar-refractivity contribution is 6.01. The average molecular weight is 414 g/mol. The molecule has 4 rings (SSSR count). The van der Waals surface area contributed by atoms with Gasteiger partial charge in [0.15, 0.2) is 6.61 Å². The molecule has 3 aromatic rings. The second kappa shape index (κ2) is 10.0. The molecule has 31 heavy (non-hydrogen) atoms. The monoisotopic (exact) mass is 413 g/mol. The standard InChI is InChI=1S/C26H27N3O2/c27-16-21-13-14-25(24-12-5-4-11-23(21)24)31-19-26(30)29(17-20-8-2-1-3-9-20)18-22-10-6-7-15-28-22/h2,4-8,10-16,20,27H,1,3,9,17-19H2. The number of fused-ring (bicyclic) bond motifs is 1. The highest BCUT2D eigenvalue weighted by Crippen LogP contribution is 2.28. The smallest absolute Gasteiger partial charge is 0.260 e. The second-order valence-electron chi connectivity index (χ2n) is 7.85. The number of pyridine rings is 1. The average Bonchev–Trinajstić information content (AvgIpc) is 2.83. The molecule has 1 heterocycles. The van der Waals surface area contributed by atoms with Crippen LogP contribution in [-0.2, 0) is 11.3 Å². The van der Waals surface area contributed by atoms with Gasteiger partial charge in [-0.1, -0.05) is 42.5 Å². The van der Waals surface area contributed by atoms with E-state index in [4.69, 9.17) is 10.1 Å². The van der Waals surface area contributed by atoms with E-state index in [9.17, 15) is 4.79 Å². The Bertz CT molecular complexity index is 1080. The lowest BCUT2D eigenvalue weighted by Crippen LogP contribution is -2.38. The van der Waals surface area contributed by atoms with E-state index in [1.807, 2.05) is 59.5 Å². The van der Waals surface area contributed by atoms with Crippen LogP contribution in [0.3, 0.4) is 0 Å². The maximum Gasteiger partial charge on any atom is 0.260 e. The lowest BCUT2D eigenvalue weighted by molar-refractivity contribution is -0.134. The molecule has 5 heteroatoms. The fourth-order valence-corrected chi connectivity index (χ4v) is 4.04. The summed E-state index contributed by atoms with van der Waals surface area (Å²) in [5.41, 5.74) is 1.70. The molecule has 158 valence electrons. The molecular formula is C26H27N3O2. The Labute approximate surface area is 182 Å². The first-order valence-corrected chi connectivity index (χ1v) is 10.7. The summed E-state index contributed by atoms with van der Waals surface area (Å²) >= 11 is 0. The summed E-state index contributed by atoms with van der Waals surface area (Å²) in [7, 11) is 0. The van der Waals surface area contributed by atoms with Gasteiger partial charge in [0.2, 0.25) is 0 Å². The molecule has 0 aliphatic heterocycles. The first kappa shape index (κ1) is 20.8. The lowest BCUT2D eigenvalue weighted by atomic mass is 9.95. The summed E-state index contributed by atoms with van der Waals surface area (Å²) in [6.45, 7) is 1.11. The number of rotatable bonds is 8. The molecule has 1 aromatic heterocycles. The molecule has 0 bridgehead atoms. The van der Waals surface area contributed by atoms with E-state index in [-0.39, 0.29) is 12.5 Å². The molecule has 5 nitrogen and oxygen atoms in total. The van der Waals surface area contributed by atoms with Gasteiger partial charge in [-0.05, 0) is 54.8 Å². The quantitative estimate of drug-likeness (QED) is 0.418. The molecule has 0 spiro atoms.